The molecule has 1 aromatic rings. The van der Waals surface area contributed by atoms with E-state index in [1.807, 2.05) is 6.92 Å². The summed E-state index contributed by atoms with van der Waals surface area (Å²) in [5.41, 5.74) is 6.29. The summed E-state index contributed by atoms with van der Waals surface area (Å²) in [6.07, 6.45) is 1.70. The number of aliphatic hydroxyl groups is 1. The van der Waals surface area contributed by atoms with Gasteiger partial charge in [0.25, 0.3) is 0 Å². The first-order chi connectivity index (χ1) is 5.63. The van der Waals surface area contributed by atoms with Gasteiger partial charge in [0.2, 0.25) is 0 Å². The van der Waals surface area contributed by atoms with Crippen molar-refractivity contribution in [3.63, 3.8) is 0 Å². The molecule has 3 N–H and O–H groups in total. The van der Waals surface area contributed by atoms with Crippen LogP contribution < -0.4 is 5.73 Å². The Morgan fingerprint density at radius 1 is 1.83 bits per heavy atom. The number of nitrogens with zero attached hydrogens (tertiary/aromatic N) is 2. The zero-order valence-electron chi connectivity index (χ0n) is 6.87. The molecule has 0 amide bonds. The molecule has 0 aromatic carbocycles. The average molecular weight is 190 g/mol. The molecule has 0 aliphatic heterocycles. The number of halogens is 1. The van der Waals surface area contributed by atoms with E-state index in [1.54, 1.807) is 10.9 Å². The van der Waals surface area contributed by atoms with Crippen molar-refractivity contribution in [2.45, 2.75) is 19.5 Å². The Kier molecular flexibility index (Phi) is 3.08. The lowest BCUT2D eigenvalue weighted by atomic mass is 10.3. The highest BCUT2D eigenvalue weighted by Gasteiger charge is 2.05. The van der Waals surface area contributed by atoms with E-state index in [0.717, 1.165) is 5.69 Å². The standard InChI is InChI=1S/C7H12ClN3O/c1-5-7(8)3-11(10-5)2-6(9)4-12/h3,6,12H,2,4,9H2,1H3. The van der Waals surface area contributed by atoms with Gasteiger partial charge in [0, 0.05) is 12.2 Å². The van der Waals surface area contributed by atoms with Crippen molar-refractivity contribution in [3.05, 3.63) is 16.9 Å². The van der Waals surface area contributed by atoms with Crippen molar-refractivity contribution in [2.75, 3.05) is 6.61 Å². The zero-order valence-corrected chi connectivity index (χ0v) is 7.62. The summed E-state index contributed by atoms with van der Waals surface area (Å²) in [5.74, 6) is 0. The molecule has 1 rings (SSSR count). The van der Waals surface area contributed by atoms with Gasteiger partial charge in [0.05, 0.1) is 23.9 Å². The maximum atomic E-state index is 8.67. The van der Waals surface area contributed by atoms with Crippen LogP contribution in [0.1, 0.15) is 5.69 Å². The number of aryl methyl sites for hydroxylation is 1. The molecule has 0 spiro atoms. The summed E-state index contributed by atoms with van der Waals surface area (Å²) in [6.45, 7) is 2.27. The fourth-order valence-electron chi connectivity index (χ4n) is 0.885. The van der Waals surface area contributed by atoms with E-state index in [4.69, 9.17) is 22.4 Å². The Hall–Kier alpha value is -0.580. The molecular weight excluding hydrogens is 178 g/mol. The molecule has 0 saturated carbocycles. The van der Waals surface area contributed by atoms with E-state index >= 15 is 0 Å². The second-order valence-electron chi connectivity index (χ2n) is 2.73. The molecule has 1 atom stereocenters. The van der Waals surface area contributed by atoms with Crippen LogP contribution in [0.3, 0.4) is 0 Å². The summed E-state index contributed by atoms with van der Waals surface area (Å²) >= 11 is 5.77. The third-order valence-corrected chi connectivity index (χ3v) is 1.91. The topological polar surface area (TPSA) is 64.1 Å². The van der Waals surface area contributed by atoms with Crippen LogP contribution in [0.4, 0.5) is 0 Å². The summed E-state index contributed by atoms with van der Waals surface area (Å²) in [6, 6.07) is -0.277. The van der Waals surface area contributed by atoms with Crippen LogP contribution in [0.15, 0.2) is 6.20 Å². The van der Waals surface area contributed by atoms with Crippen molar-refractivity contribution < 1.29 is 5.11 Å². The fraction of sp³-hybridized carbons (Fsp3) is 0.571. The number of nitrogens with two attached hydrogens (primary N) is 1. The smallest absolute Gasteiger partial charge is 0.0814 e. The van der Waals surface area contributed by atoms with Crippen molar-refractivity contribution >= 4 is 11.6 Å². The molecule has 0 aliphatic rings. The van der Waals surface area contributed by atoms with E-state index in [-0.39, 0.29) is 12.6 Å². The SMILES string of the molecule is Cc1nn(CC(N)CO)cc1Cl. The first kappa shape index (κ1) is 9.51. The van der Waals surface area contributed by atoms with Gasteiger partial charge in [-0.05, 0) is 6.92 Å². The first-order valence-corrected chi connectivity index (χ1v) is 4.07. The molecule has 0 radical (unpaired) electrons. The van der Waals surface area contributed by atoms with Crippen LogP contribution in [0.5, 0.6) is 0 Å². The number of rotatable bonds is 3. The minimum Gasteiger partial charge on any atom is -0.395 e. The fourth-order valence-corrected chi connectivity index (χ4v) is 1.04. The van der Waals surface area contributed by atoms with Crippen LogP contribution in [-0.4, -0.2) is 27.5 Å². The van der Waals surface area contributed by atoms with Crippen molar-refractivity contribution in [3.8, 4) is 0 Å². The predicted octanol–water partition coefficient (Wildman–Crippen LogP) is 0.165. The van der Waals surface area contributed by atoms with Gasteiger partial charge >= 0.3 is 0 Å². The summed E-state index contributed by atoms with van der Waals surface area (Å²) < 4.78 is 1.64. The van der Waals surface area contributed by atoms with Crippen LogP contribution in [-0.2, 0) is 6.54 Å². The number of hydrogen-bond acceptors (Lipinski definition) is 3. The van der Waals surface area contributed by atoms with Gasteiger partial charge in [-0.2, -0.15) is 5.10 Å². The lowest BCUT2D eigenvalue weighted by molar-refractivity contribution is 0.250. The Labute approximate surface area is 75.9 Å². The highest BCUT2D eigenvalue weighted by molar-refractivity contribution is 6.31. The maximum absolute atomic E-state index is 8.67. The van der Waals surface area contributed by atoms with Crippen LogP contribution in [0.25, 0.3) is 0 Å². The molecule has 1 aromatic heterocycles. The van der Waals surface area contributed by atoms with Gasteiger partial charge in [-0.25, -0.2) is 0 Å². The van der Waals surface area contributed by atoms with E-state index in [0.29, 0.717) is 11.6 Å². The molecule has 68 valence electrons. The van der Waals surface area contributed by atoms with Crippen LogP contribution >= 0.6 is 11.6 Å². The average Bonchev–Trinajstić information content (AvgIpc) is 2.31. The molecule has 12 heavy (non-hydrogen) atoms. The normalized spacial score (nSPS) is 13.3. The highest BCUT2D eigenvalue weighted by Crippen LogP contribution is 2.11. The van der Waals surface area contributed by atoms with E-state index in [1.165, 1.54) is 0 Å². The van der Waals surface area contributed by atoms with Gasteiger partial charge in [0.15, 0.2) is 0 Å². The highest BCUT2D eigenvalue weighted by atomic mass is 35.5. The van der Waals surface area contributed by atoms with Gasteiger partial charge in [-0.1, -0.05) is 11.6 Å². The zero-order chi connectivity index (χ0) is 9.14. The first-order valence-electron chi connectivity index (χ1n) is 3.69. The molecule has 0 bridgehead atoms. The quantitative estimate of drug-likeness (QED) is 0.712. The van der Waals surface area contributed by atoms with E-state index in [9.17, 15) is 0 Å². The second-order valence-corrected chi connectivity index (χ2v) is 3.13. The summed E-state index contributed by atoms with van der Waals surface area (Å²) in [5, 5.41) is 13.4. The van der Waals surface area contributed by atoms with Crippen LogP contribution in [0, 0.1) is 6.92 Å². The Morgan fingerprint density at radius 2 is 2.50 bits per heavy atom. The van der Waals surface area contributed by atoms with Gasteiger partial charge < -0.3 is 10.8 Å². The molecule has 0 aliphatic carbocycles. The van der Waals surface area contributed by atoms with Gasteiger partial charge in [-0.15, -0.1) is 0 Å². The lowest BCUT2D eigenvalue weighted by Crippen LogP contribution is -2.30. The van der Waals surface area contributed by atoms with Gasteiger partial charge in [-0.3, -0.25) is 4.68 Å². The molecule has 4 nitrogen and oxygen atoms in total. The molecule has 5 heteroatoms. The lowest BCUT2D eigenvalue weighted by Gasteiger charge is -2.06. The van der Waals surface area contributed by atoms with Gasteiger partial charge in [0.1, 0.15) is 0 Å². The van der Waals surface area contributed by atoms with E-state index < -0.39 is 0 Å². The monoisotopic (exact) mass is 189 g/mol. The van der Waals surface area contributed by atoms with Crippen molar-refractivity contribution in [2.24, 2.45) is 5.73 Å². The third-order valence-electron chi connectivity index (χ3n) is 1.54. The Morgan fingerprint density at radius 3 is 2.92 bits per heavy atom. The molecular formula is C7H12ClN3O. The number of aliphatic hydroxyl groups excluding tert-OH is 1. The third kappa shape index (κ3) is 2.20. The predicted molar refractivity (Wildman–Crippen MR) is 47.0 cm³/mol. The molecule has 0 saturated heterocycles. The maximum Gasteiger partial charge on any atom is 0.0814 e. The Balaban J connectivity index is 2.64. The summed E-state index contributed by atoms with van der Waals surface area (Å²) in [7, 11) is 0. The Bertz CT molecular complexity index is 242. The molecule has 1 heterocycles. The molecule has 0 fully saturated rings. The number of aromatic nitrogens is 2. The minimum absolute atomic E-state index is 0.0451. The summed E-state index contributed by atoms with van der Waals surface area (Å²) in [4.78, 5) is 0. The van der Waals surface area contributed by atoms with Crippen molar-refractivity contribution in [1.29, 1.82) is 0 Å². The number of hydrogen-bond donors (Lipinski definition) is 2. The molecule has 1 unspecified atom stereocenters. The van der Waals surface area contributed by atoms with Crippen LogP contribution in [0.2, 0.25) is 5.02 Å². The second kappa shape index (κ2) is 3.89. The minimum atomic E-state index is -0.277. The van der Waals surface area contributed by atoms with E-state index in [2.05, 4.69) is 5.10 Å². The largest absolute Gasteiger partial charge is 0.395 e. The van der Waals surface area contributed by atoms with Crippen molar-refractivity contribution in [1.82, 2.24) is 9.78 Å².